The molecule has 1 saturated heterocycles. The van der Waals surface area contributed by atoms with E-state index >= 15 is 0 Å². The summed E-state index contributed by atoms with van der Waals surface area (Å²) in [7, 11) is -1.30. The molecule has 7 heteroatoms. The van der Waals surface area contributed by atoms with Crippen molar-refractivity contribution in [1.82, 2.24) is 4.90 Å². The number of sulfone groups is 1. The quantitative estimate of drug-likeness (QED) is 0.872. The first-order valence-corrected chi connectivity index (χ1v) is 9.36. The predicted molar refractivity (Wildman–Crippen MR) is 87.2 cm³/mol. The van der Waals surface area contributed by atoms with Crippen LogP contribution in [0.25, 0.3) is 0 Å². The second kappa shape index (κ2) is 6.36. The number of anilines is 1. The molecular weight excluding hydrogens is 356 g/mol. The third-order valence-electron chi connectivity index (χ3n) is 3.77. The van der Waals surface area contributed by atoms with Crippen molar-refractivity contribution in [2.45, 2.75) is 19.4 Å². The van der Waals surface area contributed by atoms with E-state index in [1.807, 2.05) is 25.1 Å². The van der Waals surface area contributed by atoms with Crippen molar-refractivity contribution in [3.63, 3.8) is 0 Å². The lowest BCUT2D eigenvalue weighted by Crippen LogP contribution is -2.40. The van der Waals surface area contributed by atoms with Crippen molar-refractivity contribution in [2.24, 2.45) is 0 Å². The molecule has 1 aromatic carbocycles. The lowest BCUT2D eigenvalue weighted by Gasteiger charge is -2.24. The van der Waals surface area contributed by atoms with Crippen molar-refractivity contribution in [3.05, 3.63) is 28.2 Å². The number of aryl methyl sites for hydroxylation is 1. The fourth-order valence-corrected chi connectivity index (χ4v) is 4.66. The Morgan fingerprint density at radius 2 is 2.19 bits per heavy atom. The first-order chi connectivity index (χ1) is 9.78. The summed E-state index contributed by atoms with van der Waals surface area (Å²) in [5.74, 6) is 0.153. The summed E-state index contributed by atoms with van der Waals surface area (Å²) in [6, 6.07) is 5.59. The van der Waals surface area contributed by atoms with Gasteiger partial charge in [0.25, 0.3) is 0 Å². The second-order valence-corrected chi connectivity index (χ2v) is 8.52. The van der Waals surface area contributed by atoms with E-state index in [0.29, 0.717) is 6.42 Å². The summed E-state index contributed by atoms with van der Waals surface area (Å²) < 4.78 is 23.9. The Kier molecular flexibility index (Phi) is 4.93. The van der Waals surface area contributed by atoms with E-state index in [1.165, 1.54) is 0 Å². The minimum absolute atomic E-state index is 0.0759. The maximum Gasteiger partial charge on any atom is 0.241 e. The average Bonchev–Trinajstić information content (AvgIpc) is 2.77. The van der Waals surface area contributed by atoms with Crippen LogP contribution in [0.5, 0.6) is 0 Å². The minimum atomic E-state index is -2.97. The topological polar surface area (TPSA) is 66.5 Å². The normalized spacial score (nSPS) is 20.2. The Balaban J connectivity index is 1.92. The molecule has 2 rings (SSSR count). The van der Waals surface area contributed by atoms with E-state index in [-0.39, 0.29) is 30.0 Å². The molecular formula is C14H19BrN2O3S. The van der Waals surface area contributed by atoms with Gasteiger partial charge in [-0.15, -0.1) is 0 Å². The van der Waals surface area contributed by atoms with Crippen LogP contribution in [0.4, 0.5) is 5.69 Å². The van der Waals surface area contributed by atoms with Gasteiger partial charge in [0.2, 0.25) is 5.91 Å². The highest BCUT2D eigenvalue weighted by molar-refractivity contribution is 9.10. The van der Waals surface area contributed by atoms with Crippen LogP contribution in [0.15, 0.2) is 22.7 Å². The van der Waals surface area contributed by atoms with Gasteiger partial charge in [0.1, 0.15) is 0 Å². The molecule has 1 atom stereocenters. The van der Waals surface area contributed by atoms with E-state index in [1.54, 1.807) is 11.9 Å². The summed E-state index contributed by atoms with van der Waals surface area (Å²) >= 11 is 3.40. The van der Waals surface area contributed by atoms with Crippen LogP contribution in [0, 0.1) is 6.92 Å². The smallest absolute Gasteiger partial charge is 0.241 e. The zero-order valence-electron chi connectivity index (χ0n) is 12.1. The molecule has 1 heterocycles. The number of benzene rings is 1. The lowest BCUT2D eigenvalue weighted by molar-refractivity contribution is -0.129. The van der Waals surface area contributed by atoms with Crippen molar-refractivity contribution in [3.8, 4) is 0 Å². The van der Waals surface area contributed by atoms with Crippen LogP contribution in [-0.4, -0.2) is 50.4 Å². The summed E-state index contributed by atoms with van der Waals surface area (Å²) in [6.45, 7) is 2.13. The molecule has 0 saturated carbocycles. The van der Waals surface area contributed by atoms with E-state index < -0.39 is 9.84 Å². The number of hydrogen-bond donors (Lipinski definition) is 1. The zero-order chi connectivity index (χ0) is 15.6. The Labute approximate surface area is 133 Å². The SMILES string of the molecule is Cc1cc(Br)ccc1NCC(=O)N(C)[C@@H]1CCS(=O)(=O)C1. The Hall–Kier alpha value is -1.08. The molecule has 0 aromatic heterocycles. The molecule has 0 bridgehead atoms. The van der Waals surface area contributed by atoms with Gasteiger partial charge in [0, 0.05) is 23.2 Å². The van der Waals surface area contributed by atoms with Crippen molar-refractivity contribution in [1.29, 1.82) is 0 Å². The first-order valence-electron chi connectivity index (χ1n) is 6.74. The van der Waals surface area contributed by atoms with E-state index in [4.69, 9.17) is 0 Å². The van der Waals surface area contributed by atoms with Gasteiger partial charge in [0.15, 0.2) is 9.84 Å². The molecule has 1 aliphatic heterocycles. The average molecular weight is 375 g/mol. The summed E-state index contributed by atoms with van der Waals surface area (Å²) in [4.78, 5) is 13.7. The molecule has 1 fully saturated rings. The second-order valence-electron chi connectivity index (χ2n) is 5.37. The Bertz CT molecular complexity index is 646. The van der Waals surface area contributed by atoms with Gasteiger partial charge in [-0.2, -0.15) is 0 Å². The maximum absolute atomic E-state index is 12.2. The predicted octanol–water partition coefficient (Wildman–Crippen LogP) is 1.81. The zero-order valence-corrected chi connectivity index (χ0v) is 14.5. The molecule has 0 spiro atoms. The first kappa shape index (κ1) is 16.3. The van der Waals surface area contributed by atoms with E-state index in [2.05, 4.69) is 21.2 Å². The monoisotopic (exact) mass is 374 g/mol. The van der Waals surface area contributed by atoms with Crippen LogP contribution in [-0.2, 0) is 14.6 Å². The molecule has 21 heavy (non-hydrogen) atoms. The number of amides is 1. The largest absolute Gasteiger partial charge is 0.376 e. The standard InChI is InChI=1S/C14H19BrN2O3S/c1-10-7-11(15)3-4-13(10)16-8-14(18)17(2)12-5-6-21(19,20)9-12/h3-4,7,12,16H,5-6,8-9H2,1-2H3/t12-/m1/s1. The number of halogens is 1. The third kappa shape index (κ3) is 4.20. The van der Waals surface area contributed by atoms with Crippen LogP contribution in [0.1, 0.15) is 12.0 Å². The lowest BCUT2D eigenvalue weighted by atomic mass is 10.2. The highest BCUT2D eigenvalue weighted by atomic mass is 79.9. The Morgan fingerprint density at radius 3 is 2.76 bits per heavy atom. The van der Waals surface area contributed by atoms with Gasteiger partial charge in [-0.1, -0.05) is 15.9 Å². The number of carbonyl (C=O) groups excluding carboxylic acids is 1. The van der Waals surface area contributed by atoms with Gasteiger partial charge in [0.05, 0.1) is 18.1 Å². The van der Waals surface area contributed by atoms with Gasteiger partial charge in [-0.25, -0.2) is 8.42 Å². The molecule has 1 amide bonds. The molecule has 0 radical (unpaired) electrons. The number of carbonyl (C=O) groups is 1. The molecule has 1 N–H and O–H groups in total. The minimum Gasteiger partial charge on any atom is -0.376 e. The van der Waals surface area contributed by atoms with Crippen LogP contribution >= 0.6 is 15.9 Å². The van der Waals surface area contributed by atoms with Gasteiger partial charge < -0.3 is 10.2 Å². The molecule has 0 aliphatic carbocycles. The van der Waals surface area contributed by atoms with Crippen molar-refractivity contribution < 1.29 is 13.2 Å². The molecule has 1 aliphatic rings. The van der Waals surface area contributed by atoms with E-state index in [9.17, 15) is 13.2 Å². The Morgan fingerprint density at radius 1 is 1.48 bits per heavy atom. The third-order valence-corrected chi connectivity index (χ3v) is 6.01. The molecule has 1 aromatic rings. The number of rotatable bonds is 4. The molecule has 0 unspecified atom stereocenters. The fourth-order valence-electron chi connectivity index (χ4n) is 2.41. The summed E-state index contributed by atoms with van der Waals surface area (Å²) in [5.41, 5.74) is 1.95. The van der Waals surface area contributed by atoms with Crippen LogP contribution in [0.2, 0.25) is 0 Å². The number of hydrogen-bond acceptors (Lipinski definition) is 4. The molecule has 116 valence electrons. The number of nitrogens with zero attached hydrogens (tertiary/aromatic N) is 1. The maximum atomic E-state index is 12.2. The number of nitrogens with one attached hydrogen (secondary N) is 1. The highest BCUT2D eigenvalue weighted by Gasteiger charge is 2.32. The van der Waals surface area contributed by atoms with Crippen LogP contribution in [0.3, 0.4) is 0 Å². The summed E-state index contributed by atoms with van der Waals surface area (Å²) in [6.07, 6.45) is 0.530. The summed E-state index contributed by atoms with van der Waals surface area (Å²) in [5, 5.41) is 3.10. The molecule has 5 nitrogen and oxygen atoms in total. The highest BCUT2D eigenvalue weighted by Crippen LogP contribution is 2.20. The fraction of sp³-hybridized carbons (Fsp3) is 0.500. The van der Waals surface area contributed by atoms with E-state index in [0.717, 1.165) is 15.7 Å². The number of likely N-dealkylation sites (N-methyl/N-ethyl adjacent to an activating group) is 1. The van der Waals surface area contributed by atoms with Crippen molar-refractivity contribution >= 4 is 37.4 Å². The van der Waals surface area contributed by atoms with Crippen LogP contribution < -0.4 is 5.32 Å². The van der Waals surface area contributed by atoms with Gasteiger partial charge in [-0.3, -0.25) is 4.79 Å². The van der Waals surface area contributed by atoms with Gasteiger partial charge in [-0.05, 0) is 37.1 Å². The van der Waals surface area contributed by atoms with Gasteiger partial charge >= 0.3 is 0 Å². The van der Waals surface area contributed by atoms with Crippen molar-refractivity contribution in [2.75, 3.05) is 30.4 Å².